The van der Waals surface area contributed by atoms with Gasteiger partial charge < -0.3 is 9.47 Å². The number of carbonyl (C=O) groups excluding carboxylic acids is 2. The van der Waals surface area contributed by atoms with Gasteiger partial charge in [0.2, 0.25) is 5.78 Å². The number of benzene rings is 2. The van der Waals surface area contributed by atoms with E-state index in [2.05, 4.69) is 0 Å². The quantitative estimate of drug-likeness (QED) is 0.501. The third-order valence-electron chi connectivity index (χ3n) is 4.27. The SMILES string of the molecule is COc1ccc(C(=O)[C@H](C)OC(=O)c2ccc(C3SCCCS3)cc2)cc1. The van der Waals surface area contributed by atoms with Gasteiger partial charge in [0.1, 0.15) is 5.75 Å². The Morgan fingerprint density at radius 1 is 0.963 bits per heavy atom. The molecule has 1 heterocycles. The standard InChI is InChI=1S/C21H22O4S2/c1-14(19(22)15-8-10-18(24-2)11-9-15)25-20(23)16-4-6-17(7-5-16)21-26-12-3-13-27-21/h4-11,14,21H,3,12-13H2,1-2H3/t14-/m0/s1. The average molecular weight is 403 g/mol. The highest BCUT2D eigenvalue weighted by atomic mass is 32.2. The van der Waals surface area contributed by atoms with Crippen molar-refractivity contribution in [1.82, 2.24) is 0 Å². The van der Waals surface area contributed by atoms with Crippen LogP contribution in [0.2, 0.25) is 0 Å². The predicted octanol–water partition coefficient (Wildman–Crippen LogP) is 4.99. The van der Waals surface area contributed by atoms with E-state index >= 15 is 0 Å². The van der Waals surface area contributed by atoms with Gasteiger partial charge in [-0.25, -0.2) is 4.79 Å². The normalized spacial score (nSPS) is 15.8. The van der Waals surface area contributed by atoms with Crippen molar-refractivity contribution in [3.8, 4) is 5.75 Å². The summed E-state index contributed by atoms with van der Waals surface area (Å²) >= 11 is 3.88. The summed E-state index contributed by atoms with van der Waals surface area (Å²) in [5.41, 5.74) is 2.15. The molecule has 6 heteroatoms. The number of ketones is 1. The number of esters is 1. The van der Waals surface area contributed by atoms with Gasteiger partial charge in [0.25, 0.3) is 0 Å². The van der Waals surface area contributed by atoms with Crippen LogP contribution in [0.15, 0.2) is 48.5 Å². The fourth-order valence-corrected chi connectivity index (χ4v) is 5.62. The zero-order chi connectivity index (χ0) is 19.2. The molecule has 0 amide bonds. The van der Waals surface area contributed by atoms with E-state index in [0.717, 1.165) is 0 Å². The Morgan fingerprint density at radius 2 is 1.56 bits per heavy atom. The molecule has 0 aliphatic carbocycles. The average Bonchev–Trinajstić information content (AvgIpc) is 2.74. The summed E-state index contributed by atoms with van der Waals surface area (Å²) in [6.45, 7) is 1.59. The lowest BCUT2D eigenvalue weighted by molar-refractivity contribution is 0.0319. The molecule has 0 unspecified atom stereocenters. The van der Waals surface area contributed by atoms with Gasteiger partial charge in [0, 0.05) is 5.56 Å². The molecule has 1 aliphatic rings. The van der Waals surface area contributed by atoms with Crippen molar-refractivity contribution >= 4 is 35.3 Å². The van der Waals surface area contributed by atoms with Crippen LogP contribution in [0.25, 0.3) is 0 Å². The highest BCUT2D eigenvalue weighted by Gasteiger charge is 2.21. The molecule has 1 saturated heterocycles. The molecule has 0 bridgehead atoms. The van der Waals surface area contributed by atoms with E-state index in [-0.39, 0.29) is 5.78 Å². The number of methoxy groups -OCH3 is 1. The number of Topliss-reactive ketones (excluding diaryl/α,β-unsaturated/α-hetero) is 1. The first kappa shape index (κ1) is 19.8. The lowest BCUT2D eigenvalue weighted by atomic mass is 10.1. The molecule has 142 valence electrons. The smallest absolute Gasteiger partial charge is 0.338 e. The number of hydrogen-bond donors (Lipinski definition) is 0. The van der Waals surface area contributed by atoms with Crippen LogP contribution in [0.5, 0.6) is 5.75 Å². The molecule has 1 atom stereocenters. The summed E-state index contributed by atoms with van der Waals surface area (Å²) in [6, 6.07) is 14.3. The van der Waals surface area contributed by atoms with E-state index in [1.807, 2.05) is 35.7 Å². The molecular weight excluding hydrogens is 380 g/mol. The first-order valence-electron chi connectivity index (χ1n) is 8.81. The van der Waals surface area contributed by atoms with Crippen LogP contribution in [-0.4, -0.2) is 36.5 Å². The molecule has 0 N–H and O–H groups in total. The van der Waals surface area contributed by atoms with Gasteiger partial charge in [-0.3, -0.25) is 4.79 Å². The van der Waals surface area contributed by atoms with Gasteiger partial charge in [-0.05, 0) is 66.8 Å². The first-order chi connectivity index (χ1) is 13.1. The largest absolute Gasteiger partial charge is 0.497 e. The molecule has 4 nitrogen and oxygen atoms in total. The Balaban J connectivity index is 1.60. The van der Waals surface area contributed by atoms with E-state index in [1.165, 1.54) is 23.5 Å². The lowest BCUT2D eigenvalue weighted by Gasteiger charge is -2.21. The van der Waals surface area contributed by atoms with Crippen LogP contribution >= 0.6 is 23.5 Å². The van der Waals surface area contributed by atoms with Crippen molar-refractivity contribution in [3.63, 3.8) is 0 Å². The van der Waals surface area contributed by atoms with Crippen molar-refractivity contribution in [2.24, 2.45) is 0 Å². The van der Waals surface area contributed by atoms with Crippen molar-refractivity contribution in [1.29, 1.82) is 0 Å². The Bertz CT molecular complexity index is 781. The number of thioether (sulfide) groups is 2. The Labute approximate surface area is 168 Å². The van der Waals surface area contributed by atoms with Crippen molar-refractivity contribution in [2.45, 2.75) is 24.0 Å². The van der Waals surface area contributed by atoms with Crippen molar-refractivity contribution < 1.29 is 19.1 Å². The van der Waals surface area contributed by atoms with Gasteiger partial charge in [0.15, 0.2) is 6.10 Å². The van der Waals surface area contributed by atoms with Crippen LogP contribution in [0.1, 0.15) is 44.2 Å². The van der Waals surface area contributed by atoms with Gasteiger partial charge in [-0.15, -0.1) is 23.5 Å². The van der Waals surface area contributed by atoms with Crippen molar-refractivity contribution in [2.75, 3.05) is 18.6 Å². The zero-order valence-electron chi connectivity index (χ0n) is 15.3. The van der Waals surface area contributed by atoms with Gasteiger partial charge in [-0.1, -0.05) is 12.1 Å². The Morgan fingerprint density at radius 3 is 2.15 bits per heavy atom. The van der Waals surface area contributed by atoms with Gasteiger partial charge in [-0.2, -0.15) is 0 Å². The molecule has 1 aliphatic heterocycles. The molecule has 0 radical (unpaired) electrons. The highest BCUT2D eigenvalue weighted by molar-refractivity contribution is 8.16. The van der Waals surface area contributed by atoms with E-state index in [1.54, 1.807) is 50.4 Å². The number of carbonyl (C=O) groups is 2. The summed E-state index contributed by atoms with van der Waals surface area (Å²) in [4.78, 5) is 24.8. The fourth-order valence-electron chi connectivity index (χ4n) is 2.73. The van der Waals surface area contributed by atoms with Gasteiger partial charge >= 0.3 is 5.97 Å². The maximum absolute atomic E-state index is 12.4. The second kappa shape index (κ2) is 9.33. The molecule has 2 aromatic rings. The molecule has 3 rings (SSSR count). The molecule has 27 heavy (non-hydrogen) atoms. The highest BCUT2D eigenvalue weighted by Crippen LogP contribution is 2.43. The minimum absolute atomic E-state index is 0.238. The maximum atomic E-state index is 12.4. The molecular formula is C21H22O4S2. The predicted molar refractivity (Wildman–Crippen MR) is 111 cm³/mol. The minimum Gasteiger partial charge on any atom is -0.497 e. The van der Waals surface area contributed by atoms with Crippen molar-refractivity contribution in [3.05, 3.63) is 65.2 Å². The van der Waals surface area contributed by atoms with Crippen LogP contribution in [0.3, 0.4) is 0 Å². The third kappa shape index (κ3) is 5.08. The molecule has 0 saturated carbocycles. The number of hydrogen-bond acceptors (Lipinski definition) is 6. The molecule has 2 aromatic carbocycles. The summed E-state index contributed by atoms with van der Waals surface area (Å²) in [7, 11) is 1.57. The van der Waals surface area contributed by atoms with Gasteiger partial charge in [0.05, 0.1) is 17.3 Å². The van der Waals surface area contributed by atoms with Crippen LogP contribution in [0, 0.1) is 0 Å². The summed E-state index contributed by atoms with van der Waals surface area (Å²) in [5.74, 6) is 2.29. The molecule has 1 fully saturated rings. The van der Waals surface area contributed by atoms with Crippen LogP contribution < -0.4 is 4.74 Å². The van der Waals surface area contributed by atoms with Crippen LogP contribution in [0.4, 0.5) is 0 Å². The van der Waals surface area contributed by atoms with E-state index in [0.29, 0.717) is 21.5 Å². The second-order valence-corrected chi connectivity index (χ2v) is 8.91. The fraction of sp³-hybridized carbons (Fsp3) is 0.333. The third-order valence-corrected chi connectivity index (χ3v) is 7.29. The monoisotopic (exact) mass is 402 g/mol. The summed E-state index contributed by atoms with van der Waals surface area (Å²) in [6.07, 6.45) is 0.395. The molecule has 0 aromatic heterocycles. The first-order valence-corrected chi connectivity index (χ1v) is 10.9. The summed E-state index contributed by atoms with van der Waals surface area (Å²) < 4.78 is 10.9. The topological polar surface area (TPSA) is 52.6 Å². The zero-order valence-corrected chi connectivity index (χ0v) is 17.0. The maximum Gasteiger partial charge on any atom is 0.338 e. The number of rotatable bonds is 6. The van der Waals surface area contributed by atoms with E-state index in [9.17, 15) is 9.59 Å². The lowest BCUT2D eigenvalue weighted by Crippen LogP contribution is -2.24. The minimum atomic E-state index is -0.852. The number of ether oxygens (including phenoxy) is 2. The van der Waals surface area contributed by atoms with E-state index in [4.69, 9.17) is 9.47 Å². The van der Waals surface area contributed by atoms with Crippen LogP contribution in [-0.2, 0) is 4.74 Å². The summed E-state index contributed by atoms with van der Waals surface area (Å²) in [5, 5.41) is 0. The molecule has 0 spiro atoms. The Kier molecular flexibility index (Phi) is 6.85. The second-order valence-electron chi connectivity index (χ2n) is 6.19. The van der Waals surface area contributed by atoms with E-state index < -0.39 is 12.1 Å². The Hall–Kier alpha value is -1.92.